The third-order valence-electron chi connectivity index (χ3n) is 4.21. The van der Waals surface area contributed by atoms with Crippen molar-refractivity contribution in [2.24, 2.45) is 5.14 Å². The van der Waals surface area contributed by atoms with Gasteiger partial charge in [-0.2, -0.15) is 0 Å². The minimum atomic E-state index is -3.64. The molecular weight excluding hydrogens is 310 g/mol. The molecule has 122 valence electrons. The van der Waals surface area contributed by atoms with E-state index in [0.29, 0.717) is 0 Å². The molecule has 0 amide bonds. The molecule has 0 aliphatic carbocycles. The summed E-state index contributed by atoms with van der Waals surface area (Å²) in [6.45, 7) is 1.68. The van der Waals surface area contributed by atoms with Crippen molar-refractivity contribution in [2.75, 3.05) is 30.4 Å². The van der Waals surface area contributed by atoms with Gasteiger partial charge in [-0.25, -0.2) is 13.6 Å². The number of rotatable bonds is 4. The molecule has 5 nitrogen and oxygen atoms in total. The lowest BCUT2D eigenvalue weighted by Crippen LogP contribution is -2.22. The fourth-order valence-corrected chi connectivity index (χ4v) is 3.64. The Balaban J connectivity index is 1.90. The number of anilines is 2. The molecule has 0 saturated heterocycles. The lowest BCUT2D eigenvalue weighted by atomic mass is 10.1. The van der Waals surface area contributed by atoms with Crippen LogP contribution >= 0.6 is 0 Å². The first-order valence-electron chi connectivity index (χ1n) is 7.52. The summed E-state index contributed by atoms with van der Waals surface area (Å²) in [5, 5.41) is 5.22. The zero-order valence-electron chi connectivity index (χ0n) is 13.4. The molecule has 0 radical (unpaired) electrons. The highest BCUT2D eigenvalue weighted by Crippen LogP contribution is 2.32. The van der Waals surface area contributed by atoms with Crippen LogP contribution in [-0.2, 0) is 23.0 Å². The smallest absolute Gasteiger partial charge is 0.238 e. The van der Waals surface area contributed by atoms with Crippen LogP contribution in [0.2, 0.25) is 0 Å². The summed E-state index contributed by atoms with van der Waals surface area (Å²) in [7, 11) is 0.430. The number of nitrogens with two attached hydrogens (primary N) is 1. The Morgan fingerprint density at radius 3 is 2.61 bits per heavy atom. The molecule has 2 N–H and O–H groups in total. The van der Waals surface area contributed by atoms with E-state index in [1.165, 1.54) is 11.3 Å². The highest BCUT2D eigenvalue weighted by molar-refractivity contribution is 7.89. The minimum absolute atomic E-state index is 0.187. The van der Waals surface area contributed by atoms with Crippen LogP contribution in [0.4, 0.5) is 11.4 Å². The van der Waals surface area contributed by atoms with Crippen LogP contribution in [0, 0.1) is 0 Å². The average molecular weight is 331 g/mol. The first kappa shape index (κ1) is 15.8. The van der Waals surface area contributed by atoms with E-state index in [1.54, 1.807) is 12.1 Å². The molecule has 1 aliphatic rings. The summed E-state index contributed by atoms with van der Waals surface area (Å²) in [5.41, 5.74) is 4.58. The van der Waals surface area contributed by atoms with E-state index in [-0.39, 0.29) is 4.90 Å². The van der Waals surface area contributed by atoms with Crippen LogP contribution < -0.4 is 14.9 Å². The number of sulfonamides is 1. The van der Waals surface area contributed by atoms with E-state index in [4.69, 9.17) is 5.14 Å². The second kappa shape index (κ2) is 5.86. The number of benzene rings is 2. The lowest BCUT2D eigenvalue weighted by Gasteiger charge is -2.24. The van der Waals surface area contributed by atoms with Crippen LogP contribution in [0.5, 0.6) is 0 Å². The van der Waals surface area contributed by atoms with Crippen LogP contribution in [0.15, 0.2) is 47.4 Å². The fourth-order valence-electron chi connectivity index (χ4n) is 3.07. The van der Waals surface area contributed by atoms with Gasteiger partial charge in [0.05, 0.1) is 4.90 Å². The Labute approximate surface area is 137 Å². The van der Waals surface area contributed by atoms with E-state index in [2.05, 4.69) is 21.9 Å². The molecule has 0 saturated carbocycles. The predicted octanol–water partition coefficient (Wildman–Crippen LogP) is 1.96. The molecular formula is C17H21N3O2S. The van der Waals surface area contributed by atoms with Gasteiger partial charge in [-0.05, 0) is 41.8 Å². The zero-order chi connectivity index (χ0) is 16.6. The predicted molar refractivity (Wildman–Crippen MR) is 93.3 cm³/mol. The Bertz CT molecular complexity index is 831. The average Bonchev–Trinajstić information content (AvgIpc) is 2.89. The molecule has 0 aromatic heterocycles. The van der Waals surface area contributed by atoms with Crippen molar-refractivity contribution >= 4 is 21.4 Å². The molecule has 6 heteroatoms. The first-order valence-corrected chi connectivity index (χ1v) is 9.07. The van der Waals surface area contributed by atoms with Crippen LogP contribution in [-0.4, -0.2) is 29.1 Å². The summed E-state index contributed by atoms with van der Waals surface area (Å²) in [6.07, 6.45) is 0.836. The van der Waals surface area contributed by atoms with Gasteiger partial charge in [-0.3, -0.25) is 0 Å². The third-order valence-corrected chi connectivity index (χ3v) is 5.12. The topological polar surface area (TPSA) is 66.6 Å². The van der Waals surface area contributed by atoms with Crippen molar-refractivity contribution in [3.63, 3.8) is 0 Å². The second-order valence-corrected chi connectivity index (χ2v) is 7.59. The van der Waals surface area contributed by atoms with E-state index >= 15 is 0 Å². The Morgan fingerprint density at radius 2 is 1.91 bits per heavy atom. The summed E-state index contributed by atoms with van der Waals surface area (Å²) < 4.78 is 23.0. The van der Waals surface area contributed by atoms with Gasteiger partial charge in [0.1, 0.15) is 0 Å². The third kappa shape index (κ3) is 3.18. The highest BCUT2D eigenvalue weighted by Gasteiger charge is 2.22. The Kier molecular flexibility index (Phi) is 4.04. The second-order valence-electron chi connectivity index (χ2n) is 6.03. The molecule has 3 rings (SSSR count). The van der Waals surface area contributed by atoms with Crippen molar-refractivity contribution < 1.29 is 8.42 Å². The minimum Gasteiger partial charge on any atom is -0.377 e. The van der Waals surface area contributed by atoms with Crippen molar-refractivity contribution in [1.29, 1.82) is 0 Å². The normalized spacial score (nSPS) is 14.0. The maximum Gasteiger partial charge on any atom is 0.238 e. The maximum absolute atomic E-state index is 11.5. The van der Waals surface area contributed by atoms with E-state index < -0.39 is 10.0 Å². The van der Waals surface area contributed by atoms with Crippen molar-refractivity contribution in [3.05, 3.63) is 53.6 Å². The maximum atomic E-state index is 11.5. The largest absolute Gasteiger partial charge is 0.377 e. The van der Waals surface area contributed by atoms with E-state index in [0.717, 1.165) is 30.8 Å². The van der Waals surface area contributed by atoms with Gasteiger partial charge in [0.25, 0.3) is 0 Å². The molecule has 0 atom stereocenters. The van der Waals surface area contributed by atoms with Gasteiger partial charge in [0.15, 0.2) is 0 Å². The van der Waals surface area contributed by atoms with Gasteiger partial charge < -0.3 is 9.80 Å². The molecule has 2 aromatic carbocycles. The molecule has 0 fully saturated rings. The van der Waals surface area contributed by atoms with Crippen molar-refractivity contribution in [3.8, 4) is 0 Å². The Morgan fingerprint density at radius 1 is 1.17 bits per heavy atom. The van der Waals surface area contributed by atoms with Gasteiger partial charge in [-0.15, -0.1) is 0 Å². The summed E-state index contributed by atoms with van der Waals surface area (Å²) in [4.78, 5) is 4.58. The number of hydrogen-bond donors (Lipinski definition) is 1. The summed E-state index contributed by atoms with van der Waals surface area (Å²) in [5.74, 6) is 0. The highest BCUT2D eigenvalue weighted by atomic mass is 32.2. The molecule has 23 heavy (non-hydrogen) atoms. The van der Waals surface area contributed by atoms with Crippen molar-refractivity contribution in [2.45, 2.75) is 17.9 Å². The molecule has 1 heterocycles. The number of fused-ring (bicyclic) bond motifs is 1. The number of hydrogen-bond acceptors (Lipinski definition) is 4. The van der Waals surface area contributed by atoms with Crippen LogP contribution in [0.3, 0.4) is 0 Å². The van der Waals surface area contributed by atoms with E-state index in [1.807, 2.05) is 32.3 Å². The standard InChI is InChI=1S/C17H21N3O2S/c1-19(2)16-6-4-3-5-14(16)12-20-10-9-13-11-15(23(18,21)22)7-8-17(13)20/h3-8,11H,9-10,12H2,1-2H3,(H2,18,21,22). The molecule has 0 spiro atoms. The van der Waals surface area contributed by atoms with Gasteiger partial charge in [0, 0.05) is 38.6 Å². The number of nitrogens with zero attached hydrogens (tertiary/aromatic N) is 2. The van der Waals surface area contributed by atoms with Gasteiger partial charge in [0.2, 0.25) is 10.0 Å². The monoisotopic (exact) mass is 331 g/mol. The quantitative estimate of drug-likeness (QED) is 0.930. The molecule has 0 bridgehead atoms. The number of primary sulfonamides is 1. The molecule has 2 aromatic rings. The van der Waals surface area contributed by atoms with Crippen molar-refractivity contribution in [1.82, 2.24) is 0 Å². The van der Waals surface area contributed by atoms with Gasteiger partial charge in [-0.1, -0.05) is 18.2 Å². The number of para-hydroxylation sites is 1. The lowest BCUT2D eigenvalue weighted by molar-refractivity contribution is 0.597. The first-order chi connectivity index (χ1) is 10.9. The summed E-state index contributed by atoms with van der Waals surface area (Å²) in [6, 6.07) is 13.5. The van der Waals surface area contributed by atoms with E-state index in [9.17, 15) is 8.42 Å². The van der Waals surface area contributed by atoms with Gasteiger partial charge >= 0.3 is 0 Å². The van der Waals surface area contributed by atoms with Crippen LogP contribution in [0.25, 0.3) is 0 Å². The fraction of sp³-hybridized carbons (Fsp3) is 0.294. The Hall–Kier alpha value is -2.05. The molecule has 1 aliphatic heterocycles. The summed E-state index contributed by atoms with van der Waals surface area (Å²) >= 11 is 0. The zero-order valence-corrected chi connectivity index (χ0v) is 14.2. The SMILES string of the molecule is CN(C)c1ccccc1CN1CCc2cc(S(N)(=O)=O)ccc21. The van der Waals surface area contributed by atoms with Crippen LogP contribution in [0.1, 0.15) is 11.1 Å². The molecule has 0 unspecified atom stereocenters.